The third-order valence-corrected chi connectivity index (χ3v) is 6.95. The molecular formula is C33H47ClO4. The molecule has 4 nitrogen and oxygen atoms in total. The quantitative estimate of drug-likeness (QED) is 0.0766. The maximum absolute atomic E-state index is 12.3. The van der Waals surface area contributed by atoms with Crippen LogP contribution in [0.5, 0.6) is 5.75 Å². The summed E-state index contributed by atoms with van der Waals surface area (Å²) in [6.45, 7) is 6.64. The van der Waals surface area contributed by atoms with E-state index < -0.39 is 0 Å². The maximum Gasteiger partial charge on any atom is 0.338 e. The number of alkyl halides is 1. The summed E-state index contributed by atoms with van der Waals surface area (Å²) in [5.41, 5.74) is 2.44. The molecular weight excluding hydrogens is 496 g/mol. The number of rotatable bonds is 19. The molecule has 0 heterocycles. The minimum atomic E-state index is -0.369. The van der Waals surface area contributed by atoms with Crippen LogP contribution >= 0.6 is 11.6 Å². The van der Waals surface area contributed by atoms with Crippen LogP contribution in [-0.4, -0.2) is 23.9 Å². The number of carbonyl (C=O) groups excluding carboxylic acids is 2. The Morgan fingerprint density at radius 3 is 1.76 bits per heavy atom. The summed E-state index contributed by atoms with van der Waals surface area (Å²) >= 11 is 6.22. The fraction of sp³-hybridized carbons (Fsp3) is 0.576. The standard InChI is InChI=1S/C33H47ClO4/c1-4-5-6-7-8-9-10-11-12-13-14-15-32(35)38-31-22-20-28(21-23-31)27-16-18-29(19-17-27)33(36)37-25-30(34)24-26(2)3/h16-23,26,30H,4-15,24-25H2,1-3H3. The number of hydrogen-bond acceptors (Lipinski definition) is 4. The van der Waals surface area contributed by atoms with Gasteiger partial charge in [0.05, 0.1) is 10.9 Å². The Labute approximate surface area is 235 Å². The van der Waals surface area contributed by atoms with Gasteiger partial charge in [-0.3, -0.25) is 4.79 Å². The van der Waals surface area contributed by atoms with E-state index in [1.807, 2.05) is 36.4 Å². The maximum atomic E-state index is 12.3. The fourth-order valence-corrected chi connectivity index (χ4v) is 4.88. The highest BCUT2D eigenvalue weighted by Gasteiger charge is 2.13. The lowest BCUT2D eigenvalue weighted by molar-refractivity contribution is -0.134. The van der Waals surface area contributed by atoms with E-state index in [4.69, 9.17) is 21.1 Å². The van der Waals surface area contributed by atoms with Crippen LogP contribution in [0.1, 0.15) is 115 Å². The van der Waals surface area contributed by atoms with Crippen molar-refractivity contribution in [1.29, 1.82) is 0 Å². The van der Waals surface area contributed by atoms with Crippen molar-refractivity contribution in [3.8, 4) is 16.9 Å². The normalized spacial score (nSPS) is 11.9. The summed E-state index contributed by atoms with van der Waals surface area (Å²) in [4.78, 5) is 24.5. The largest absolute Gasteiger partial charge is 0.461 e. The molecule has 0 saturated heterocycles. The molecule has 210 valence electrons. The summed E-state index contributed by atoms with van der Waals surface area (Å²) in [5.74, 6) is 0.467. The van der Waals surface area contributed by atoms with E-state index in [0.717, 1.165) is 30.4 Å². The summed E-state index contributed by atoms with van der Waals surface area (Å²) in [7, 11) is 0. The highest BCUT2D eigenvalue weighted by Crippen LogP contribution is 2.24. The second-order valence-electron chi connectivity index (χ2n) is 10.7. The van der Waals surface area contributed by atoms with E-state index in [1.165, 1.54) is 57.8 Å². The molecule has 2 aromatic rings. The zero-order chi connectivity index (χ0) is 27.6. The molecule has 0 N–H and O–H groups in total. The zero-order valence-electron chi connectivity index (χ0n) is 23.7. The third kappa shape index (κ3) is 13.5. The highest BCUT2D eigenvalue weighted by atomic mass is 35.5. The van der Waals surface area contributed by atoms with E-state index in [0.29, 0.717) is 23.7 Å². The molecule has 0 aliphatic rings. The number of ether oxygens (including phenoxy) is 2. The molecule has 38 heavy (non-hydrogen) atoms. The first-order valence-corrected chi connectivity index (χ1v) is 15.0. The molecule has 0 aliphatic carbocycles. The molecule has 2 rings (SSSR count). The monoisotopic (exact) mass is 542 g/mol. The number of carbonyl (C=O) groups is 2. The van der Waals surface area contributed by atoms with Gasteiger partial charge in [-0.05, 0) is 54.2 Å². The summed E-state index contributed by atoms with van der Waals surface area (Å²) in [6, 6.07) is 14.7. The number of halogens is 1. The molecule has 0 saturated carbocycles. The van der Waals surface area contributed by atoms with Crippen LogP contribution < -0.4 is 4.74 Å². The second kappa shape index (κ2) is 18.8. The van der Waals surface area contributed by atoms with Crippen LogP contribution in [-0.2, 0) is 9.53 Å². The van der Waals surface area contributed by atoms with Crippen LogP contribution in [0.2, 0.25) is 0 Å². The van der Waals surface area contributed by atoms with Crippen LogP contribution in [0, 0.1) is 5.92 Å². The first-order valence-electron chi connectivity index (χ1n) is 14.6. The van der Waals surface area contributed by atoms with Gasteiger partial charge in [-0.1, -0.05) is 109 Å². The summed E-state index contributed by atoms with van der Waals surface area (Å²) in [6.07, 6.45) is 15.1. The van der Waals surface area contributed by atoms with Crippen molar-refractivity contribution in [2.45, 2.75) is 110 Å². The highest BCUT2D eigenvalue weighted by molar-refractivity contribution is 6.20. The molecule has 2 aromatic carbocycles. The Balaban J connectivity index is 1.65. The van der Waals surface area contributed by atoms with E-state index in [-0.39, 0.29) is 23.9 Å². The lowest BCUT2D eigenvalue weighted by atomic mass is 10.0. The van der Waals surface area contributed by atoms with Crippen LogP contribution in [0.4, 0.5) is 0 Å². The topological polar surface area (TPSA) is 52.6 Å². The molecule has 1 atom stereocenters. The molecule has 5 heteroatoms. The minimum absolute atomic E-state index is 0.175. The van der Waals surface area contributed by atoms with Gasteiger partial charge in [0, 0.05) is 6.42 Å². The SMILES string of the molecule is CCCCCCCCCCCCCC(=O)Oc1ccc(-c2ccc(C(=O)OCC(Cl)CC(C)C)cc2)cc1. The molecule has 0 aromatic heterocycles. The Morgan fingerprint density at radius 2 is 1.24 bits per heavy atom. The van der Waals surface area contributed by atoms with Crippen molar-refractivity contribution in [2.75, 3.05) is 6.61 Å². The fourth-order valence-electron chi connectivity index (χ4n) is 4.46. The van der Waals surface area contributed by atoms with Gasteiger partial charge in [0.25, 0.3) is 0 Å². The summed E-state index contributed by atoms with van der Waals surface area (Å²) < 4.78 is 10.8. The minimum Gasteiger partial charge on any atom is -0.461 e. The Hall–Kier alpha value is -2.33. The average Bonchev–Trinajstić information content (AvgIpc) is 2.90. The van der Waals surface area contributed by atoms with Crippen LogP contribution in [0.3, 0.4) is 0 Å². The van der Waals surface area contributed by atoms with Crippen LogP contribution in [0.15, 0.2) is 48.5 Å². The Bertz CT molecular complexity index is 921. The first-order chi connectivity index (χ1) is 18.4. The van der Waals surface area contributed by atoms with Crippen molar-refractivity contribution >= 4 is 23.5 Å². The number of hydrogen-bond donors (Lipinski definition) is 0. The van der Waals surface area contributed by atoms with Gasteiger partial charge in [0.15, 0.2) is 0 Å². The zero-order valence-corrected chi connectivity index (χ0v) is 24.4. The van der Waals surface area contributed by atoms with Crippen molar-refractivity contribution in [2.24, 2.45) is 5.92 Å². The number of esters is 2. The van der Waals surface area contributed by atoms with Gasteiger partial charge in [0.1, 0.15) is 12.4 Å². The summed E-state index contributed by atoms with van der Waals surface area (Å²) in [5, 5.41) is -0.175. The van der Waals surface area contributed by atoms with E-state index in [9.17, 15) is 9.59 Å². The molecule has 0 fully saturated rings. The lowest BCUT2D eigenvalue weighted by Crippen LogP contribution is -2.16. The molecule has 0 spiro atoms. The third-order valence-electron chi connectivity index (χ3n) is 6.65. The predicted molar refractivity (Wildman–Crippen MR) is 158 cm³/mol. The van der Waals surface area contributed by atoms with Gasteiger partial charge >= 0.3 is 11.9 Å². The second-order valence-corrected chi connectivity index (χ2v) is 11.3. The van der Waals surface area contributed by atoms with Gasteiger partial charge in [-0.2, -0.15) is 0 Å². The molecule has 1 unspecified atom stereocenters. The molecule has 0 aliphatic heterocycles. The molecule has 0 radical (unpaired) electrons. The smallest absolute Gasteiger partial charge is 0.338 e. The lowest BCUT2D eigenvalue weighted by Gasteiger charge is -2.12. The van der Waals surface area contributed by atoms with Crippen LogP contribution in [0.25, 0.3) is 11.1 Å². The van der Waals surface area contributed by atoms with E-state index in [1.54, 1.807) is 12.1 Å². The number of benzene rings is 2. The van der Waals surface area contributed by atoms with Gasteiger partial charge in [-0.15, -0.1) is 11.6 Å². The average molecular weight is 543 g/mol. The van der Waals surface area contributed by atoms with Crippen molar-refractivity contribution in [3.05, 3.63) is 54.1 Å². The first kappa shape index (κ1) is 31.9. The van der Waals surface area contributed by atoms with E-state index in [2.05, 4.69) is 20.8 Å². The molecule has 0 amide bonds. The van der Waals surface area contributed by atoms with Gasteiger partial charge < -0.3 is 9.47 Å². The van der Waals surface area contributed by atoms with Crippen molar-refractivity contribution in [3.63, 3.8) is 0 Å². The number of unbranched alkanes of at least 4 members (excludes halogenated alkanes) is 10. The Morgan fingerprint density at radius 1 is 0.737 bits per heavy atom. The van der Waals surface area contributed by atoms with Crippen molar-refractivity contribution < 1.29 is 19.1 Å². The van der Waals surface area contributed by atoms with E-state index >= 15 is 0 Å². The van der Waals surface area contributed by atoms with Gasteiger partial charge in [0.2, 0.25) is 0 Å². The van der Waals surface area contributed by atoms with Crippen molar-refractivity contribution in [1.82, 2.24) is 0 Å². The predicted octanol–water partition coefficient (Wildman–Crippen LogP) is 9.77. The Kier molecular flexibility index (Phi) is 15.8. The van der Waals surface area contributed by atoms with Gasteiger partial charge in [-0.25, -0.2) is 4.79 Å². The molecule has 0 bridgehead atoms.